The molecule has 4 N–H and O–H groups in total. The average molecular weight is 375 g/mol. The Balaban J connectivity index is 1.89. The molecule has 3 aromatic heterocycles. The summed E-state index contributed by atoms with van der Waals surface area (Å²) in [6, 6.07) is 9.99. The molecule has 0 spiro atoms. The second-order valence-electron chi connectivity index (χ2n) is 6.36. The summed E-state index contributed by atoms with van der Waals surface area (Å²) in [7, 11) is 0. The number of rotatable bonds is 7. The van der Waals surface area contributed by atoms with Gasteiger partial charge in [-0.15, -0.1) is 0 Å². The SMILES string of the molecule is C=C(N)C(=O)C(Cc1ccccn1)NC(=O)c1c[nH]c(C)c1-c1ccccn1. The minimum atomic E-state index is -0.869. The molecule has 0 bridgehead atoms. The maximum atomic E-state index is 13.0. The van der Waals surface area contributed by atoms with Crippen LogP contribution in [0.4, 0.5) is 0 Å². The highest BCUT2D eigenvalue weighted by atomic mass is 16.2. The first-order valence-corrected chi connectivity index (χ1v) is 8.76. The predicted molar refractivity (Wildman–Crippen MR) is 106 cm³/mol. The quantitative estimate of drug-likeness (QED) is 0.548. The van der Waals surface area contributed by atoms with E-state index >= 15 is 0 Å². The summed E-state index contributed by atoms with van der Waals surface area (Å²) >= 11 is 0. The van der Waals surface area contributed by atoms with Crippen molar-refractivity contribution in [3.8, 4) is 11.3 Å². The van der Waals surface area contributed by atoms with Crippen LogP contribution in [0, 0.1) is 6.92 Å². The zero-order valence-corrected chi connectivity index (χ0v) is 15.5. The predicted octanol–water partition coefficient (Wildman–Crippen LogP) is 2.16. The van der Waals surface area contributed by atoms with Crippen LogP contribution in [0.5, 0.6) is 0 Å². The van der Waals surface area contributed by atoms with Crippen LogP contribution in [0.15, 0.2) is 67.3 Å². The largest absolute Gasteiger partial charge is 0.396 e. The van der Waals surface area contributed by atoms with Gasteiger partial charge in [0.05, 0.1) is 23.0 Å². The number of carbonyl (C=O) groups is 2. The highest BCUT2D eigenvalue weighted by Crippen LogP contribution is 2.25. The van der Waals surface area contributed by atoms with Gasteiger partial charge in [-0.25, -0.2) is 0 Å². The lowest BCUT2D eigenvalue weighted by atomic mass is 10.0. The molecular weight excluding hydrogens is 354 g/mol. The molecule has 1 unspecified atom stereocenters. The van der Waals surface area contributed by atoms with Gasteiger partial charge in [0.1, 0.15) is 0 Å². The van der Waals surface area contributed by atoms with E-state index in [1.54, 1.807) is 36.8 Å². The summed E-state index contributed by atoms with van der Waals surface area (Å²) in [4.78, 5) is 37.1. The van der Waals surface area contributed by atoms with Crippen molar-refractivity contribution in [2.24, 2.45) is 5.73 Å². The number of aryl methyl sites for hydroxylation is 1. The summed E-state index contributed by atoms with van der Waals surface area (Å²) < 4.78 is 0. The Morgan fingerprint density at radius 1 is 1.18 bits per heavy atom. The van der Waals surface area contributed by atoms with Crippen molar-refractivity contribution in [2.75, 3.05) is 0 Å². The number of hydrogen-bond donors (Lipinski definition) is 3. The van der Waals surface area contributed by atoms with Crippen LogP contribution >= 0.6 is 0 Å². The second-order valence-corrected chi connectivity index (χ2v) is 6.36. The minimum Gasteiger partial charge on any atom is -0.396 e. The molecule has 0 aromatic carbocycles. The fourth-order valence-corrected chi connectivity index (χ4v) is 2.94. The molecule has 3 rings (SSSR count). The standard InChI is InChI=1S/C21H21N5O2/c1-13(22)20(27)18(11-15-7-3-5-9-23-15)26-21(28)16-12-25-14(2)19(16)17-8-4-6-10-24-17/h3-10,12,18,25H,1,11,22H2,2H3,(H,26,28). The van der Waals surface area contributed by atoms with Gasteiger partial charge < -0.3 is 16.0 Å². The van der Waals surface area contributed by atoms with Gasteiger partial charge in [0.15, 0.2) is 5.78 Å². The summed E-state index contributed by atoms with van der Waals surface area (Å²) in [5.74, 6) is -0.841. The van der Waals surface area contributed by atoms with Crippen LogP contribution in [0.3, 0.4) is 0 Å². The maximum Gasteiger partial charge on any atom is 0.254 e. The lowest BCUT2D eigenvalue weighted by Crippen LogP contribution is -2.44. The topological polar surface area (TPSA) is 114 Å². The van der Waals surface area contributed by atoms with Gasteiger partial charge in [-0.1, -0.05) is 18.7 Å². The molecular formula is C21H21N5O2. The van der Waals surface area contributed by atoms with Crippen LogP contribution in [0.1, 0.15) is 21.7 Å². The number of carbonyl (C=O) groups excluding carboxylic acids is 2. The number of nitrogens with one attached hydrogen (secondary N) is 2. The monoisotopic (exact) mass is 375 g/mol. The second kappa shape index (κ2) is 8.30. The van der Waals surface area contributed by atoms with Crippen molar-refractivity contribution in [1.82, 2.24) is 20.3 Å². The molecule has 0 radical (unpaired) electrons. The van der Waals surface area contributed by atoms with Crippen LogP contribution in [-0.4, -0.2) is 32.7 Å². The molecule has 142 valence electrons. The van der Waals surface area contributed by atoms with E-state index in [4.69, 9.17) is 5.73 Å². The van der Waals surface area contributed by atoms with Gasteiger partial charge >= 0.3 is 0 Å². The summed E-state index contributed by atoms with van der Waals surface area (Å²) in [5, 5.41) is 2.77. The molecule has 7 heteroatoms. The first-order chi connectivity index (χ1) is 13.5. The zero-order valence-electron chi connectivity index (χ0n) is 15.5. The first-order valence-electron chi connectivity index (χ1n) is 8.76. The number of amides is 1. The third-order valence-corrected chi connectivity index (χ3v) is 4.32. The highest BCUT2D eigenvalue weighted by molar-refractivity contribution is 6.05. The Kier molecular flexibility index (Phi) is 5.64. The Morgan fingerprint density at radius 2 is 1.89 bits per heavy atom. The van der Waals surface area contributed by atoms with Crippen molar-refractivity contribution < 1.29 is 9.59 Å². The Labute approximate surface area is 162 Å². The fourth-order valence-electron chi connectivity index (χ4n) is 2.94. The first kappa shape index (κ1) is 19.0. The summed E-state index contributed by atoms with van der Waals surface area (Å²) in [6.45, 7) is 5.37. The zero-order chi connectivity index (χ0) is 20.1. The number of nitrogens with two attached hydrogens (primary N) is 1. The summed E-state index contributed by atoms with van der Waals surface area (Å²) in [6.07, 6.45) is 5.11. The van der Waals surface area contributed by atoms with Gasteiger partial charge in [-0.3, -0.25) is 19.6 Å². The number of Topliss-reactive ketones (excluding diaryl/α,β-unsaturated/α-hetero) is 1. The van der Waals surface area contributed by atoms with Gasteiger partial charge in [0.2, 0.25) is 0 Å². The molecule has 28 heavy (non-hydrogen) atoms. The fraction of sp³-hybridized carbons (Fsp3) is 0.143. The number of nitrogens with zero attached hydrogens (tertiary/aromatic N) is 2. The van der Waals surface area contributed by atoms with Gasteiger partial charge in [0.25, 0.3) is 5.91 Å². The van der Waals surface area contributed by atoms with E-state index < -0.39 is 17.7 Å². The lowest BCUT2D eigenvalue weighted by molar-refractivity contribution is -0.117. The van der Waals surface area contributed by atoms with Gasteiger partial charge in [-0.05, 0) is 31.2 Å². The van der Waals surface area contributed by atoms with E-state index in [1.165, 1.54) is 0 Å². The van der Waals surface area contributed by atoms with E-state index in [2.05, 4.69) is 26.8 Å². The van der Waals surface area contributed by atoms with Crippen molar-refractivity contribution >= 4 is 11.7 Å². The smallest absolute Gasteiger partial charge is 0.254 e. The number of aromatic amines is 1. The number of hydrogen-bond acceptors (Lipinski definition) is 5. The number of aromatic nitrogens is 3. The van der Waals surface area contributed by atoms with E-state index in [1.807, 2.05) is 25.1 Å². The van der Waals surface area contributed by atoms with Gasteiger partial charge in [0, 0.05) is 42.0 Å². The average Bonchev–Trinajstić information content (AvgIpc) is 3.09. The van der Waals surface area contributed by atoms with Gasteiger partial charge in [-0.2, -0.15) is 0 Å². The molecule has 7 nitrogen and oxygen atoms in total. The normalized spacial score (nSPS) is 11.6. The van der Waals surface area contributed by atoms with E-state index in [-0.39, 0.29) is 12.1 Å². The number of ketones is 1. The molecule has 0 saturated heterocycles. The molecule has 0 aliphatic heterocycles. The molecule has 3 aromatic rings. The van der Waals surface area contributed by atoms with Crippen molar-refractivity contribution in [2.45, 2.75) is 19.4 Å². The van der Waals surface area contributed by atoms with E-state index in [0.717, 1.165) is 5.69 Å². The number of pyridine rings is 2. The Morgan fingerprint density at radius 3 is 2.50 bits per heavy atom. The molecule has 0 aliphatic rings. The maximum absolute atomic E-state index is 13.0. The Hall–Kier alpha value is -3.74. The molecule has 0 aliphatic carbocycles. The van der Waals surface area contributed by atoms with Crippen molar-refractivity contribution in [3.63, 3.8) is 0 Å². The molecule has 1 amide bonds. The molecule has 0 saturated carbocycles. The lowest BCUT2D eigenvalue weighted by Gasteiger charge is -2.17. The van der Waals surface area contributed by atoms with Crippen LogP contribution < -0.4 is 11.1 Å². The van der Waals surface area contributed by atoms with Crippen molar-refractivity contribution in [3.05, 3.63) is 84.2 Å². The summed E-state index contributed by atoms with van der Waals surface area (Å²) in [5.41, 5.74) is 8.71. The van der Waals surface area contributed by atoms with Crippen molar-refractivity contribution in [1.29, 1.82) is 0 Å². The minimum absolute atomic E-state index is 0.114. The third kappa shape index (κ3) is 4.15. The third-order valence-electron chi connectivity index (χ3n) is 4.32. The molecule has 0 fully saturated rings. The Bertz CT molecular complexity index is 996. The molecule has 3 heterocycles. The van der Waals surface area contributed by atoms with E-state index in [0.29, 0.717) is 22.5 Å². The van der Waals surface area contributed by atoms with Crippen LogP contribution in [0.2, 0.25) is 0 Å². The number of H-pyrrole nitrogens is 1. The van der Waals surface area contributed by atoms with Crippen LogP contribution in [-0.2, 0) is 11.2 Å². The molecule has 1 atom stereocenters. The van der Waals surface area contributed by atoms with Crippen LogP contribution in [0.25, 0.3) is 11.3 Å². The highest BCUT2D eigenvalue weighted by Gasteiger charge is 2.26. The van der Waals surface area contributed by atoms with E-state index in [9.17, 15) is 9.59 Å².